The van der Waals surface area contributed by atoms with Crippen LogP contribution in [-0.2, 0) is 4.74 Å². The average Bonchev–Trinajstić information content (AvgIpc) is 2.58. The summed E-state index contributed by atoms with van der Waals surface area (Å²) in [5, 5.41) is 0.994. The third-order valence-corrected chi connectivity index (χ3v) is 3.62. The van der Waals surface area contributed by atoms with Gasteiger partial charge in [-0.25, -0.2) is 0 Å². The van der Waals surface area contributed by atoms with Crippen LogP contribution in [0.25, 0.3) is 0 Å². The van der Waals surface area contributed by atoms with Crippen LogP contribution in [0.15, 0.2) is 0 Å². The second-order valence-corrected chi connectivity index (χ2v) is 5.17. The molecule has 1 fully saturated rings. The molecule has 0 atom stereocenters. The zero-order valence-corrected chi connectivity index (χ0v) is 10.6. The molecule has 16 heavy (non-hydrogen) atoms. The van der Waals surface area contributed by atoms with Crippen molar-refractivity contribution in [3.05, 3.63) is 0 Å². The van der Waals surface area contributed by atoms with Crippen molar-refractivity contribution in [3.63, 3.8) is 0 Å². The van der Waals surface area contributed by atoms with Crippen LogP contribution < -0.4 is 15.4 Å². The van der Waals surface area contributed by atoms with Crippen molar-refractivity contribution < 1.29 is 9.47 Å². The lowest BCUT2D eigenvalue weighted by Crippen LogP contribution is -2.53. The number of ether oxygens (including phenoxy) is 2. The summed E-state index contributed by atoms with van der Waals surface area (Å²) in [6.45, 7) is 6.55. The Labute approximate surface area is 99.3 Å². The van der Waals surface area contributed by atoms with Gasteiger partial charge in [0, 0.05) is 6.54 Å². The lowest BCUT2D eigenvalue weighted by atomic mass is 10.0. The molecule has 0 aliphatic carbocycles. The first kappa shape index (κ1) is 11.5. The Morgan fingerprint density at radius 1 is 1.56 bits per heavy atom. The Morgan fingerprint density at radius 3 is 2.94 bits per heavy atom. The third kappa shape index (κ3) is 1.82. The predicted octanol–water partition coefficient (Wildman–Crippen LogP) is 1.35. The van der Waals surface area contributed by atoms with Gasteiger partial charge in [-0.05, 0) is 25.4 Å². The molecule has 0 radical (unpaired) electrons. The van der Waals surface area contributed by atoms with Crippen molar-refractivity contribution in [1.29, 1.82) is 0 Å². The summed E-state index contributed by atoms with van der Waals surface area (Å²) in [5.41, 5.74) is 5.71. The van der Waals surface area contributed by atoms with Crippen LogP contribution in [0.5, 0.6) is 5.75 Å². The van der Waals surface area contributed by atoms with Crippen molar-refractivity contribution >= 4 is 22.4 Å². The first-order valence-corrected chi connectivity index (χ1v) is 5.98. The summed E-state index contributed by atoms with van der Waals surface area (Å²) in [6.07, 6.45) is 0. The Bertz CT molecular complexity index is 378. The van der Waals surface area contributed by atoms with Gasteiger partial charge in [0.25, 0.3) is 0 Å². The van der Waals surface area contributed by atoms with E-state index in [-0.39, 0.29) is 5.54 Å². The second-order valence-electron chi connectivity index (χ2n) is 4.42. The second kappa shape index (κ2) is 4.10. The minimum atomic E-state index is -0.0511. The van der Waals surface area contributed by atoms with Crippen LogP contribution >= 0.6 is 11.5 Å². The molecule has 1 aromatic rings. The number of aromatic nitrogens is 1. The molecule has 0 aromatic carbocycles. The first-order valence-electron chi connectivity index (χ1n) is 5.21. The first-order chi connectivity index (χ1) is 7.56. The molecule has 2 heterocycles. The molecule has 0 amide bonds. The molecule has 2 N–H and O–H groups in total. The normalized spacial score (nSPS) is 19.8. The fourth-order valence-electron chi connectivity index (χ4n) is 1.88. The number of hydrogen-bond acceptors (Lipinski definition) is 6. The van der Waals surface area contributed by atoms with Gasteiger partial charge < -0.3 is 20.1 Å². The van der Waals surface area contributed by atoms with Gasteiger partial charge >= 0.3 is 0 Å². The fourth-order valence-corrected chi connectivity index (χ4v) is 2.86. The highest BCUT2D eigenvalue weighted by Crippen LogP contribution is 2.41. The van der Waals surface area contributed by atoms with E-state index in [9.17, 15) is 0 Å². The van der Waals surface area contributed by atoms with E-state index in [4.69, 9.17) is 15.2 Å². The van der Waals surface area contributed by atoms with Gasteiger partial charge in [-0.15, -0.1) is 0 Å². The third-order valence-electron chi connectivity index (χ3n) is 2.75. The van der Waals surface area contributed by atoms with E-state index in [1.165, 1.54) is 11.5 Å². The SMILES string of the molecule is COc1c(N)nsc1N1CCOCC1(C)C. The lowest BCUT2D eigenvalue weighted by molar-refractivity contribution is 0.0645. The van der Waals surface area contributed by atoms with E-state index in [2.05, 4.69) is 23.1 Å². The molecular weight excluding hydrogens is 226 g/mol. The Morgan fingerprint density at radius 2 is 2.31 bits per heavy atom. The number of nitrogens with two attached hydrogens (primary N) is 1. The van der Waals surface area contributed by atoms with E-state index < -0.39 is 0 Å². The number of methoxy groups -OCH3 is 1. The summed E-state index contributed by atoms with van der Waals surface area (Å²) in [5.74, 6) is 1.14. The van der Waals surface area contributed by atoms with Gasteiger partial charge in [0.15, 0.2) is 16.6 Å². The Hall–Kier alpha value is -1.01. The van der Waals surface area contributed by atoms with E-state index in [1.807, 2.05) is 0 Å². The van der Waals surface area contributed by atoms with Crippen LogP contribution in [-0.4, -0.2) is 36.8 Å². The molecule has 2 rings (SSSR count). The molecular formula is C10H17N3O2S. The number of anilines is 2. The standard InChI is InChI=1S/C10H17N3O2S/c1-10(2)6-15-5-4-13(10)9-7(14-3)8(11)12-16-9/h4-6H2,1-3H3,(H2,11,12). The number of rotatable bonds is 2. The fraction of sp³-hybridized carbons (Fsp3) is 0.700. The minimum absolute atomic E-state index is 0.0511. The zero-order chi connectivity index (χ0) is 11.8. The van der Waals surface area contributed by atoms with Crippen molar-refractivity contribution in [1.82, 2.24) is 4.37 Å². The van der Waals surface area contributed by atoms with Gasteiger partial charge in [0.2, 0.25) is 0 Å². The summed E-state index contributed by atoms with van der Waals surface area (Å²) in [4.78, 5) is 2.25. The highest BCUT2D eigenvalue weighted by atomic mass is 32.1. The quantitative estimate of drug-likeness (QED) is 0.849. The Kier molecular flexibility index (Phi) is 2.94. The predicted molar refractivity (Wildman–Crippen MR) is 65.3 cm³/mol. The van der Waals surface area contributed by atoms with E-state index in [1.54, 1.807) is 7.11 Å². The molecule has 1 aliphatic heterocycles. The highest BCUT2D eigenvalue weighted by Gasteiger charge is 2.34. The van der Waals surface area contributed by atoms with Gasteiger partial charge in [-0.1, -0.05) is 0 Å². The molecule has 0 spiro atoms. The summed E-state index contributed by atoms with van der Waals surface area (Å²) in [7, 11) is 1.62. The minimum Gasteiger partial charge on any atom is -0.490 e. The van der Waals surface area contributed by atoms with Crippen molar-refractivity contribution in [2.75, 3.05) is 37.5 Å². The molecule has 1 aliphatic rings. The summed E-state index contributed by atoms with van der Waals surface area (Å²) in [6, 6.07) is 0. The number of morpholine rings is 1. The van der Waals surface area contributed by atoms with Crippen LogP contribution in [0, 0.1) is 0 Å². The summed E-state index contributed by atoms with van der Waals surface area (Å²) >= 11 is 1.38. The lowest BCUT2D eigenvalue weighted by Gasteiger charge is -2.42. The summed E-state index contributed by atoms with van der Waals surface area (Å²) < 4.78 is 14.9. The van der Waals surface area contributed by atoms with Gasteiger partial charge in [0.05, 0.1) is 25.9 Å². The van der Waals surface area contributed by atoms with Crippen LogP contribution in [0.3, 0.4) is 0 Å². The van der Waals surface area contributed by atoms with Crippen molar-refractivity contribution in [3.8, 4) is 5.75 Å². The maximum Gasteiger partial charge on any atom is 0.197 e. The monoisotopic (exact) mass is 243 g/mol. The number of hydrogen-bond donors (Lipinski definition) is 1. The largest absolute Gasteiger partial charge is 0.490 e. The van der Waals surface area contributed by atoms with Crippen LogP contribution in [0.1, 0.15) is 13.8 Å². The topological polar surface area (TPSA) is 60.6 Å². The van der Waals surface area contributed by atoms with E-state index in [0.717, 1.165) is 18.2 Å². The van der Waals surface area contributed by atoms with Gasteiger partial charge in [-0.3, -0.25) is 0 Å². The maximum atomic E-state index is 5.76. The molecule has 0 unspecified atom stereocenters. The van der Waals surface area contributed by atoms with Crippen LogP contribution in [0.4, 0.5) is 10.8 Å². The molecule has 1 saturated heterocycles. The number of nitrogen functional groups attached to an aromatic ring is 1. The molecule has 5 nitrogen and oxygen atoms in total. The van der Waals surface area contributed by atoms with Gasteiger partial charge in [-0.2, -0.15) is 4.37 Å². The van der Waals surface area contributed by atoms with Crippen molar-refractivity contribution in [2.24, 2.45) is 0 Å². The maximum absolute atomic E-state index is 5.76. The smallest absolute Gasteiger partial charge is 0.197 e. The molecule has 0 bridgehead atoms. The molecule has 0 saturated carbocycles. The van der Waals surface area contributed by atoms with Crippen LogP contribution in [0.2, 0.25) is 0 Å². The molecule has 1 aromatic heterocycles. The van der Waals surface area contributed by atoms with E-state index in [0.29, 0.717) is 18.2 Å². The zero-order valence-electron chi connectivity index (χ0n) is 9.82. The Balaban J connectivity index is 2.35. The number of nitrogens with zero attached hydrogens (tertiary/aromatic N) is 2. The van der Waals surface area contributed by atoms with E-state index >= 15 is 0 Å². The molecule has 90 valence electrons. The van der Waals surface area contributed by atoms with Gasteiger partial charge in [0.1, 0.15) is 0 Å². The average molecular weight is 243 g/mol. The highest BCUT2D eigenvalue weighted by molar-refractivity contribution is 7.11. The van der Waals surface area contributed by atoms with Crippen molar-refractivity contribution in [2.45, 2.75) is 19.4 Å². The molecule has 6 heteroatoms.